The minimum Gasteiger partial charge on any atom is -0.357 e. The standard InChI is InChI=1S/C21H21N7O/c1-28-6-2-3-19(28)18-7-14-10-23-20(8-17(14)26-18)27-21(29)16-5-4-13(9-22-16)15-11-24-25-12-15/h4-5,7-12,19,26H,2-3,6H2,1H3,(H,24,25)(H,23,27,29)/t19-/m0/s1. The number of nitrogens with zero attached hydrogens (tertiary/aromatic N) is 4. The summed E-state index contributed by atoms with van der Waals surface area (Å²) in [7, 11) is 2.15. The summed E-state index contributed by atoms with van der Waals surface area (Å²) in [6, 6.07) is 7.97. The van der Waals surface area contributed by atoms with Gasteiger partial charge in [-0.3, -0.25) is 19.8 Å². The Morgan fingerprint density at radius 2 is 2.10 bits per heavy atom. The molecule has 0 saturated carbocycles. The molecule has 3 N–H and O–H groups in total. The van der Waals surface area contributed by atoms with Crippen LogP contribution in [-0.2, 0) is 0 Å². The molecule has 8 nitrogen and oxygen atoms in total. The molecule has 1 aliphatic heterocycles. The predicted molar refractivity (Wildman–Crippen MR) is 110 cm³/mol. The van der Waals surface area contributed by atoms with Gasteiger partial charge in [0.05, 0.1) is 11.7 Å². The number of anilines is 1. The molecule has 1 fully saturated rings. The van der Waals surface area contributed by atoms with Crippen LogP contribution in [0, 0.1) is 0 Å². The SMILES string of the molecule is CN1CCC[C@H]1c1cc2cnc(NC(=O)c3ccc(-c4cn[nH]c4)cn3)cc2[nH]1. The normalized spacial score (nSPS) is 17.1. The Bertz CT molecular complexity index is 1150. The highest BCUT2D eigenvalue weighted by Gasteiger charge is 2.24. The summed E-state index contributed by atoms with van der Waals surface area (Å²) >= 11 is 0. The Morgan fingerprint density at radius 1 is 1.17 bits per heavy atom. The molecule has 0 bridgehead atoms. The summed E-state index contributed by atoms with van der Waals surface area (Å²) in [5.41, 5.74) is 4.31. The molecule has 146 valence electrons. The van der Waals surface area contributed by atoms with Crippen molar-refractivity contribution >= 4 is 22.6 Å². The molecule has 1 saturated heterocycles. The van der Waals surface area contributed by atoms with E-state index in [1.807, 2.05) is 12.1 Å². The van der Waals surface area contributed by atoms with E-state index in [0.29, 0.717) is 17.6 Å². The first-order valence-corrected chi connectivity index (χ1v) is 9.63. The number of carbonyl (C=O) groups excluding carboxylic acids is 1. The fourth-order valence-corrected chi connectivity index (χ4v) is 3.89. The minimum atomic E-state index is -0.294. The number of pyridine rings is 2. The maximum absolute atomic E-state index is 12.6. The molecule has 1 aliphatic rings. The Hall–Kier alpha value is -3.52. The third kappa shape index (κ3) is 3.38. The first-order valence-electron chi connectivity index (χ1n) is 9.63. The van der Waals surface area contributed by atoms with Crippen LogP contribution in [0.5, 0.6) is 0 Å². The number of hydrogen-bond acceptors (Lipinski definition) is 5. The lowest BCUT2D eigenvalue weighted by atomic mass is 10.1. The van der Waals surface area contributed by atoms with Gasteiger partial charge in [-0.2, -0.15) is 5.10 Å². The van der Waals surface area contributed by atoms with E-state index in [9.17, 15) is 4.79 Å². The molecule has 1 atom stereocenters. The lowest BCUT2D eigenvalue weighted by Gasteiger charge is -2.17. The average Bonchev–Trinajstić information content (AvgIpc) is 3.48. The Morgan fingerprint density at radius 3 is 2.83 bits per heavy atom. The topological polar surface area (TPSA) is 103 Å². The van der Waals surface area contributed by atoms with Crippen LogP contribution < -0.4 is 5.32 Å². The van der Waals surface area contributed by atoms with Crippen LogP contribution >= 0.6 is 0 Å². The van der Waals surface area contributed by atoms with E-state index in [4.69, 9.17) is 0 Å². The number of nitrogens with one attached hydrogen (secondary N) is 3. The Labute approximate surface area is 167 Å². The second kappa shape index (κ2) is 7.14. The highest BCUT2D eigenvalue weighted by Crippen LogP contribution is 2.32. The van der Waals surface area contributed by atoms with Crippen molar-refractivity contribution in [2.45, 2.75) is 18.9 Å². The van der Waals surface area contributed by atoms with Gasteiger partial charge < -0.3 is 10.3 Å². The Kier molecular flexibility index (Phi) is 4.33. The molecule has 0 radical (unpaired) electrons. The predicted octanol–water partition coefficient (Wildman–Crippen LogP) is 3.37. The van der Waals surface area contributed by atoms with E-state index in [0.717, 1.165) is 35.0 Å². The molecule has 4 aromatic heterocycles. The van der Waals surface area contributed by atoms with Crippen molar-refractivity contribution in [1.82, 2.24) is 30.0 Å². The lowest BCUT2D eigenvalue weighted by molar-refractivity contribution is 0.102. The molecular weight excluding hydrogens is 366 g/mol. The third-order valence-electron chi connectivity index (χ3n) is 5.47. The van der Waals surface area contributed by atoms with Crippen molar-refractivity contribution in [3.8, 4) is 11.1 Å². The minimum absolute atomic E-state index is 0.294. The smallest absolute Gasteiger partial charge is 0.275 e. The van der Waals surface area contributed by atoms with Crippen molar-refractivity contribution in [1.29, 1.82) is 0 Å². The van der Waals surface area contributed by atoms with Crippen molar-refractivity contribution < 1.29 is 4.79 Å². The van der Waals surface area contributed by atoms with E-state index in [1.165, 1.54) is 12.1 Å². The van der Waals surface area contributed by atoms with Crippen molar-refractivity contribution in [2.75, 3.05) is 18.9 Å². The lowest BCUT2D eigenvalue weighted by Crippen LogP contribution is -2.17. The van der Waals surface area contributed by atoms with E-state index >= 15 is 0 Å². The largest absolute Gasteiger partial charge is 0.357 e. The second-order valence-corrected chi connectivity index (χ2v) is 7.39. The molecule has 5 rings (SSSR count). The summed E-state index contributed by atoms with van der Waals surface area (Å²) < 4.78 is 0. The van der Waals surface area contributed by atoms with E-state index in [1.54, 1.807) is 30.9 Å². The summed E-state index contributed by atoms with van der Waals surface area (Å²) in [5.74, 6) is 0.203. The first-order chi connectivity index (χ1) is 14.2. The maximum atomic E-state index is 12.6. The van der Waals surface area contributed by atoms with Gasteiger partial charge in [0.25, 0.3) is 5.91 Å². The van der Waals surface area contributed by atoms with Crippen LogP contribution in [0.3, 0.4) is 0 Å². The number of aromatic amines is 2. The molecular formula is C21H21N7O. The van der Waals surface area contributed by atoms with E-state index < -0.39 is 0 Å². The van der Waals surface area contributed by atoms with Crippen LogP contribution in [0.1, 0.15) is 35.1 Å². The van der Waals surface area contributed by atoms with Gasteiger partial charge in [0.15, 0.2) is 0 Å². The molecule has 0 spiro atoms. The van der Waals surface area contributed by atoms with Crippen LogP contribution in [0.2, 0.25) is 0 Å². The number of hydrogen-bond donors (Lipinski definition) is 3. The molecule has 5 heterocycles. The fourth-order valence-electron chi connectivity index (χ4n) is 3.89. The number of rotatable bonds is 4. The number of H-pyrrole nitrogens is 2. The third-order valence-corrected chi connectivity index (χ3v) is 5.47. The zero-order valence-corrected chi connectivity index (χ0v) is 16.0. The maximum Gasteiger partial charge on any atom is 0.275 e. The van der Waals surface area contributed by atoms with Gasteiger partial charge in [-0.15, -0.1) is 0 Å². The van der Waals surface area contributed by atoms with Crippen LogP contribution in [-0.4, -0.2) is 49.5 Å². The summed E-state index contributed by atoms with van der Waals surface area (Å²) in [5, 5.41) is 10.6. The number of likely N-dealkylation sites (tertiary alicyclic amines) is 1. The number of carbonyl (C=O) groups is 1. The van der Waals surface area contributed by atoms with Gasteiger partial charge in [0, 0.05) is 52.9 Å². The van der Waals surface area contributed by atoms with Gasteiger partial charge in [-0.05, 0) is 38.6 Å². The van der Waals surface area contributed by atoms with E-state index in [-0.39, 0.29) is 5.91 Å². The molecule has 4 aromatic rings. The van der Waals surface area contributed by atoms with Crippen LogP contribution in [0.25, 0.3) is 22.0 Å². The van der Waals surface area contributed by atoms with Gasteiger partial charge in [0.1, 0.15) is 11.5 Å². The number of aromatic nitrogens is 5. The molecule has 29 heavy (non-hydrogen) atoms. The second-order valence-electron chi connectivity index (χ2n) is 7.39. The summed E-state index contributed by atoms with van der Waals surface area (Å²) in [4.78, 5) is 27.1. The van der Waals surface area contributed by atoms with Crippen molar-refractivity contribution in [2.24, 2.45) is 0 Å². The molecule has 0 aliphatic carbocycles. The van der Waals surface area contributed by atoms with Crippen molar-refractivity contribution in [3.63, 3.8) is 0 Å². The average molecular weight is 387 g/mol. The molecule has 0 aromatic carbocycles. The quantitative estimate of drug-likeness (QED) is 0.498. The van der Waals surface area contributed by atoms with Gasteiger partial charge in [-0.25, -0.2) is 4.98 Å². The van der Waals surface area contributed by atoms with Crippen LogP contribution in [0.15, 0.2) is 49.1 Å². The monoisotopic (exact) mass is 387 g/mol. The van der Waals surface area contributed by atoms with Crippen LogP contribution in [0.4, 0.5) is 5.82 Å². The first kappa shape index (κ1) is 17.6. The molecule has 8 heteroatoms. The fraction of sp³-hybridized carbons (Fsp3) is 0.238. The highest BCUT2D eigenvalue weighted by molar-refractivity contribution is 6.03. The van der Waals surface area contributed by atoms with E-state index in [2.05, 4.69) is 48.5 Å². The van der Waals surface area contributed by atoms with Gasteiger partial charge in [0.2, 0.25) is 0 Å². The zero-order valence-electron chi connectivity index (χ0n) is 16.0. The molecule has 1 amide bonds. The summed E-state index contributed by atoms with van der Waals surface area (Å²) in [6.45, 7) is 1.12. The zero-order chi connectivity index (χ0) is 19.8. The van der Waals surface area contributed by atoms with Crippen molar-refractivity contribution in [3.05, 3.63) is 60.4 Å². The summed E-state index contributed by atoms with van der Waals surface area (Å²) in [6.07, 6.45) is 9.30. The van der Waals surface area contributed by atoms with Gasteiger partial charge in [-0.1, -0.05) is 6.07 Å². The number of amides is 1. The Balaban J connectivity index is 1.33. The number of fused-ring (bicyclic) bond motifs is 1. The molecule has 0 unspecified atom stereocenters. The highest BCUT2D eigenvalue weighted by atomic mass is 16.1. The van der Waals surface area contributed by atoms with Gasteiger partial charge >= 0.3 is 0 Å².